The Morgan fingerprint density at radius 2 is 0.505 bits per heavy atom. The topological polar surface area (TPSA) is 167 Å². The first kappa shape index (κ1) is 58.0. The third-order valence-corrected chi connectivity index (χ3v) is 18.2. The Labute approximate surface area is 567 Å². The maximum absolute atomic E-state index is 10.9. The summed E-state index contributed by atoms with van der Waals surface area (Å²) in [6.07, 6.45) is 0. The molecule has 0 saturated heterocycles. The van der Waals surface area contributed by atoms with Crippen molar-refractivity contribution in [2.45, 2.75) is 0 Å². The van der Waals surface area contributed by atoms with Crippen LogP contribution in [0.5, 0.6) is 0 Å². The molecule has 0 fully saturated rings. The standard InChI is InChI=1S/C84H36N12.Pt/c1-89-61-26-47(43-87)24-58(28-61)74-79-67-34-51-15-7-5-13-49(51)32-65(67)77(93-79)73(57-22-45(41-85)21-46(23-57)42-86)78-66-33-50-14-6-8-16-52(50)35-68(66)80(94-78)75(59-25-48(44-88)27-62(29-59)90-2)82-70-37-54-18-10-12-20-56(54)39-72(70)84(96-82)76(60-30-63(91-3)40-64(31-60)92-4)83-71-38-55-19-11-9-17-53(55)36-69(71)81(74)95-83;/h5-40H;/q-2;+2. The second kappa shape index (κ2) is 22.6. The van der Waals surface area contributed by atoms with Gasteiger partial charge in [-0.3, -0.25) is 0 Å². The molecule has 17 rings (SSSR count). The minimum atomic E-state index is 0. The van der Waals surface area contributed by atoms with E-state index in [-0.39, 0.29) is 66.1 Å². The number of benzene rings is 12. The van der Waals surface area contributed by atoms with E-state index >= 15 is 0 Å². The SMILES string of the molecule is [C-]#[N+]c1cc(C#N)cc(-c2c3nc(c(-c4cc([N+]#[C-])cc([N+]#[C-])c4)c4[n-]c(c(-c5cc(C#N)cc([N+]#[C-])c5)c5nc(c(-c6cc(C#N)cc(C#N)c6)c6[n-]c2c2cc7ccccc7cc62)-c2cc6ccccc6cc2-5)c2cc5ccccc5cc42)-c2cc4ccccc4cc2-3)c1.[Pt+2]. The first-order valence-electron chi connectivity index (χ1n) is 30.3. The minimum Gasteiger partial charge on any atom is -0.656 e. The van der Waals surface area contributed by atoms with Crippen molar-refractivity contribution < 1.29 is 21.1 Å². The number of nitriles is 4. The predicted octanol–water partition coefficient (Wildman–Crippen LogP) is 21.5. The van der Waals surface area contributed by atoms with Crippen LogP contribution in [-0.4, -0.2) is 9.97 Å². The maximum atomic E-state index is 10.9. The van der Waals surface area contributed by atoms with E-state index in [0.29, 0.717) is 133 Å². The first-order valence-corrected chi connectivity index (χ1v) is 30.3. The summed E-state index contributed by atoms with van der Waals surface area (Å²) in [6, 6.07) is 78.2. The Balaban J connectivity index is 0.00000738. The molecule has 442 valence electrons. The van der Waals surface area contributed by atoms with Gasteiger partial charge in [0.1, 0.15) is 0 Å². The van der Waals surface area contributed by atoms with Crippen LogP contribution in [0.25, 0.3) is 196 Å². The zero-order valence-electron chi connectivity index (χ0n) is 50.5. The van der Waals surface area contributed by atoms with Crippen LogP contribution in [0.3, 0.4) is 0 Å². The van der Waals surface area contributed by atoms with Crippen LogP contribution in [0, 0.1) is 71.6 Å². The van der Waals surface area contributed by atoms with Crippen LogP contribution in [0.15, 0.2) is 218 Å². The summed E-state index contributed by atoms with van der Waals surface area (Å²) in [5, 5.41) is 53.3. The summed E-state index contributed by atoms with van der Waals surface area (Å²) in [5.41, 5.74) is 11.4. The zero-order valence-corrected chi connectivity index (χ0v) is 52.7. The molecule has 12 aromatic carbocycles. The largest absolute Gasteiger partial charge is 2.00 e. The number of nitrogens with zero attached hydrogens (tertiary/aromatic N) is 12. The third-order valence-electron chi connectivity index (χ3n) is 18.2. The molecule has 0 amide bonds. The van der Waals surface area contributed by atoms with E-state index in [9.17, 15) is 21.0 Å². The van der Waals surface area contributed by atoms with Crippen molar-refractivity contribution >= 4 is 109 Å². The van der Waals surface area contributed by atoms with E-state index < -0.39 is 0 Å². The van der Waals surface area contributed by atoms with Crippen molar-refractivity contribution in [1.29, 1.82) is 21.0 Å². The van der Waals surface area contributed by atoms with E-state index in [2.05, 4.69) is 92.2 Å². The second-order valence-electron chi connectivity index (χ2n) is 23.7. The van der Waals surface area contributed by atoms with Crippen molar-refractivity contribution in [2.24, 2.45) is 0 Å². The molecule has 13 heteroatoms. The Morgan fingerprint density at radius 1 is 0.278 bits per heavy atom. The van der Waals surface area contributed by atoms with E-state index in [4.69, 9.17) is 46.2 Å². The van der Waals surface area contributed by atoms with Gasteiger partial charge < -0.3 is 9.97 Å². The molecule has 3 aliphatic rings. The summed E-state index contributed by atoms with van der Waals surface area (Å²) in [5.74, 6) is 0. The average molecular weight is 1410 g/mol. The van der Waals surface area contributed by atoms with E-state index in [0.717, 1.165) is 43.1 Å². The van der Waals surface area contributed by atoms with Gasteiger partial charge in [-0.1, -0.05) is 115 Å². The quantitative estimate of drug-likeness (QED) is 0.157. The van der Waals surface area contributed by atoms with Crippen LogP contribution >= 0.6 is 0 Å². The molecule has 0 unspecified atom stereocenters. The summed E-state index contributed by atoms with van der Waals surface area (Å²) >= 11 is 0. The fraction of sp³-hybridized carbons (Fsp3) is 0. The molecule has 14 aromatic rings. The summed E-state index contributed by atoms with van der Waals surface area (Å²) < 4.78 is 0. The fourth-order valence-electron chi connectivity index (χ4n) is 14.1. The van der Waals surface area contributed by atoms with Crippen molar-refractivity contribution in [2.75, 3.05) is 0 Å². The van der Waals surface area contributed by atoms with Crippen molar-refractivity contribution in [1.82, 2.24) is 19.9 Å². The Hall–Kier alpha value is -14.1. The molecule has 0 spiro atoms. The molecule has 8 bridgehead atoms. The van der Waals surface area contributed by atoms with Gasteiger partial charge in [0.05, 0.1) is 84.5 Å². The molecule has 1 aliphatic carbocycles. The molecule has 0 N–H and O–H groups in total. The van der Waals surface area contributed by atoms with Gasteiger partial charge in [0.15, 0.2) is 22.7 Å². The molecule has 12 nitrogen and oxygen atoms in total. The second-order valence-corrected chi connectivity index (χ2v) is 23.7. The minimum absolute atomic E-state index is 0. The molecule has 0 radical (unpaired) electrons. The Bertz CT molecular complexity index is 5780. The number of rotatable bonds is 4. The fourth-order valence-corrected chi connectivity index (χ4v) is 14.1. The third kappa shape index (κ3) is 9.25. The Morgan fingerprint density at radius 3 is 0.763 bits per heavy atom. The zero-order chi connectivity index (χ0) is 65.0. The van der Waals surface area contributed by atoms with Crippen LogP contribution < -0.4 is 9.97 Å². The van der Waals surface area contributed by atoms with Crippen LogP contribution in [0.4, 0.5) is 22.7 Å². The van der Waals surface area contributed by atoms with Gasteiger partial charge in [-0.15, -0.1) is 22.1 Å². The number of hydrogen-bond acceptors (Lipinski definition) is 6. The number of hydrogen-bond donors (Lipinski definition) is 0. The summed E-state index contributed by atoms with van der Waals surface area (Å²) in [4.78, 5) is 39.7. The molecular weight excluding hydrogens is 1370 g/mol. The molecule has 4 heterocycles. The number of aromatic nitrogens is 4. The van der Waals surface area contributed by atoms with Gasteiger partial charge in [0.2, 0.25) is 0 Å². The summed E-state index contributed by atoms with van der Waals surface area (Å²) in [6.45, 7) is 34.1. The van der Waals surface area contributed by atoms with Gasteiger partial charge in [0.25, 0.3) is 0 Å². The molecule has 0 saturated carbocycles. The normalized spacial score (nSPS) is 11.1. The Kier molecular flexibility index (Phi) is 13.6. The average Bonchev–Trinajstić information content (AvgIpc) is 1.55. The molecule has 0 atom stereocenters. The van der Waals surface area contributed by atoms with E-state index in [1.54, 1.807) is 72.8 Å². The van der Waals surface area contributed by atoms with E-state index in [1.807, 2.05) is 97.1 Å². The van der Waals surface area contributed by atoms with Crippen molar-refractivity contribution in [3.8, 4) is 114 Å². The van der Waals surface area contributed by atoms with Gasteiger partial charge in [-0.05, 0) is 212 Å². The molecular formula is C84H36N12Pt. The van der Waals surface area contributed by atoms with Crippen molar-refractivity contribution in [3.63, 3.8) is 0 Å². The van der Waals surface area contributed by atoms with Gasteiger partial charge in [-0.25, -0.2) is 29.3 Å². The predicted molar refractivity (Wildman–Crippen MR) is 378 cm³/mol. The first-order chi connectivity index (χ1) is 47.1. The van der Waals surface area contributed by atoms with Crippen molar-refractivity contribution in [3.05, 3.63) is 286 Å². The number of fused-ring (bicyclic) bond motifs is 4. The van der Waals surface area contributed by atoms with Crippen LogP contribution in [-0.2, 0) is 21.1 Å². The monoisotopic (exact) mass is 1410 g/mol. The molecule has 2 aromatic heterocycles. The van der Waals surface area contributed by atoms with E-state index in [1.165, 1.54) is 0 Å². The van der Waals surface area contributed by atoms with Gasteiger partial charge in [0, 0.05) is 33.4 Å². The molecule has 97 heavy (non-hydrogen) atoms. The smallest absolute Gasteiger partial charge is 0.656 e. The van der Waals surface area contributed by atoms with Crippen LogP contribution in [0.1, 0.15) is 22.3 Å². The van der Waals surface area contributed by atoms with Crippen LogP contribution in [0.2, 0.25) is 0 Å². The molecule has 2 aliphatic heterocycles. The van der Waals surface area contributed by atoms with Gasteiger partial charge >= 0.3 is 21.1 Å². The maximum Gasteiger partial charge on any atom is 2.00 e. The summed E-state index contributed by atoms with van der Waals surface area (Å²) in [7, 11) is 0. The van der Waals surface area contributed by atoms with Gasteiger partial charge in [-0.2, -0.15) is 21.0 Å².